The van der Waals surface area contributed by atoms with E-state index in [9.17, 15) is 27.6 Å². The Morgan fingerprint density at radius 2 is 1.78 bits per heavy atom. The number of benzene rings is 1. The fraction of sp³-hybridized carbons (Fsp3) is 0.629. The minimum atomic E-state index is -4.39. The van der Waals surface area contributed by atoms with Crippen molar-refractivity contribution in [2.24, 2.45) is 11.3 Å². The molecule has 0 radical (unpaired) electrons. The molecule has 0 bridgehead atoms. The van der Waals surface area contributed by atoms with Gasteiger partial charge in [-0.15, -0.1) is 0 Å². The summed E-state index contributed by atoms with van der Waals surface area (Å²) in [6.45, 7) is 12.2. The molecule has 2 saturated carbocycles. The maximum absolute atomic E-state index is 14.4. The minimum absolute atomic E-state index is 0. The van der Waals surface area contributed by atoms with E-state index in [1.165, 1.54) is 4.90 Å². The van der Waals surface area contributed by atoms with Crippen molar-refractivity contribution in [3.05, 3.63) is 30.5 Å². The quantitative estimate of drug-likeness (QED) is 0.284. The van der Waals surface area contributed by atoms with E-state index in [-0.39, 0.29) is 35.5 Å². The number of hydrogen-bond acceptors (Lipinski definition) is 11. The summed E-state index contributed by atoms with van der Waals surface area (Å²) in [6.07, 6.45) is 1.45. The van der Waals surface area contributed by atoms with Gasteiger partial charge in [0.05, 0.1) is 19.8 Å². The molecule has 3 aliphatic rings. The van der Waals surface area contributed by atoms with Crippen LogP contribution in [-0.2, 0) is 33.6 Å². The highest BCUT2D eigenvalue weighted by Crippen LogP contribution is 2.46. The highest BCUT2D eigenvalue weighted by molar-refractivity contribution is 7.85. The first-order chi connectivity index (χ1) is 23.7. The Kier molecular flexibility index (Phi) is 10.5. The van der Waals surface area contributed by atoms with Crippen LogP contribution in [0.3, 0.4) is 0 Å². The zero-order valence-corrected chi connectivity index (χ0v) is 31.2. The molecule has 286 valence electrons. The molecule has 1 aliphatic heterocycles. The molecule has 16 heteroatoms. The van der Waals surface area contributed by atoms with Gasteiger partial charge in [-0.05, 0) is 81.0 Å². The third-order valence-corrected chi connectivity index (χ3v) is 10.2. The van der Waals surface area contributed by atoms with E-state index in [0.29, 0.717) is 30.4 Å². The number of fused-ring (bicyclic) bond motifs is 1. The largest absolute Gasteiger partial charge is 0.497 e. The van der Waals surface area contributed by atoms with Crippen molar-refractivity contribution in [3.8, 4) is 11.6 Å². The molecule has 5 atom stereocenters. The van der Waals surface area contributed by atoms with Gasteiger partial charge in [0.25, 0.3) is 5.91 Å². The Labute approximate surface area is 303 Å². The lowest BCUT2D eigenvalue weighted by atomic mass is 9.85. The SMILES string of the molecule is CC[C@@H]1CC1(NC(=O)[C@@H]1C[C@@H](Oc2nccc3cc(OC)ccc23)CN1C(=O)[C@@H](NC(=O)OC(C)(C)C)C(C)(C)C)C(=O)NS(=O)(=O)OC1CC1.[HH].[HH].[HH]. The van der Waals surface area contributed by atoms with Crippen molar-refractivity contribution in [2.75, 3.05) is 13.7 Å². The predicted molar refractivity (Wildman–Crippen MR) is 192 cm³/mol. The van der Waals surface area contributed by atoms with Crippen molar-refractivity contribution in [3.63, 3.8) is 0 Å². The third-order valence-electron chi connectivity index (χ3n) is 9.19. The monoisotopic (exact) mass is 737 g/mol. The number of carbonyl (C=O) groups is 4. The first-order valence-electron chi connectivity index (χ1n) is 17.2. The number of methoxy groups -OCH3 is 1. The molecule has 1 saturated heterocycles. The molecule has 5 rings (SSSR count). The summed E-state index contributed by atoms with van der Waals surface area (Å²) >= 11 is 0. The molecule has 2 aromatic rings. The second kappa shape index (κ2) is 14.1. The number of carbonyl (C=O) groups excluding carboxylic acids is 4. The van der Waals surface area contributed by atoms with Crippen LogP contribution in [-0.4, -0.2) is 91.2 Å². The molecule has 2 aliphatic carbocycles. The smallest absolute Gasteiger partial charge is 0.408 e. The average molecular weight is 738 g/mol. The Balaban J connectivity index is 0.00000336. The molecule has 0 spiro atoms. The van der Waals surface area contributed by atoms with E-state index in [1.807, 2.05) is 23.8 Å². The van der Waals surface area contributed by atoms with Gasteiger partial charge < -0.3 is 29.7 Å². The van der Waals surface area contributed by atoms with Crippen molar-refractivity contribution in [1.82, 2.24) is 25.2 Å². The van der Waals surface area contributed by atoms with Crippen molar-refractivity contribution < 1.29 is 50.3 Å². The Bertz CT molecular complexity index is 1800. The number of ether oxygens (including phenoxy) is 3. The molecule has 15 nitrogen and oxygen atoms in total. The van der Waals surface area contributed by atoms with Gasteiger partial charge in [0.2, 0.25) is 17.7 Å². The number of amides is 4. The number of nitrogens with zero attached hydrogens (tertiary/aromatic N) is 2. The summed E-state index contributed by atoms with van der Waals surface area (Å²) < 4.78 is 49.2. The summed E-state index contributed by atoms with van der Waals surface area (Å²) in [5, 5.41) is 7.00. The van der Waals surface area contributed by atoms with Gasteiger partial charge in [-0.1, -0.05) is 34.1 Å². The van der Waals surface area contributed by atoms with Crippen LogP contribution >= 0.6 is 0 Å². The normalized spacial score (nSPS) is 24.0. The first-order valence-corrected chi connectivity index (χ1v) is 18.6. The van der Waals surface area contributed by atoms with E-state index in [1.54, 1.807) is 67.0 Å². The fourth-order valence-electron chi connectivity index (χ4n) is 6.31. The zero-order valence-electron chi connectivity index (χ0n) is 30.4. The Morgan fingerprint density at radius 3 is 2.37 bits per heavy atom. The van der Waals surface area contributed by atoms with Gasteiger partial charge in [-0.25, -0.2) is 14.5 Å². The fourth-order valence-corrected chi connectivity index (χ4v) is 7.32. The molecule has 4 amide bonds. The van der Waals surface area contributed by atoms with Gasteiger partial charge in [-0.3, -0.25) is 18.6 Å². The number of pyridine rings is 1. The van der Waals surface area contributed by atoms with Crippen molar-refractivity contribution in [2.45, 2.75) is 116 Å². The summed E-state index contributed by atoms with van der Waals surface area (Å²) in [6, 6.07) is 4.96. The maximum atomic E-state index is 14.4. The average Bonchev–Trinajstić information content (AvgIpc) is 3.94. The van der Waals surface area contributed by atoms with Crippen LogP contribution in [0.2, 0.25) is 0 Å². The number of rotatable bonds is 12. The molecule has 2 heterocycles. The van der Waals surface area contributed by atoms with Crippen molar-refractivity contribution in [1.29, 1.82) is 0 Å². The van der Waals surface area contributed by atoms with Gasteiger partial charge in [-0.2, -0.15) is 8.42 Å². The van der Waals surface area contributed by atoms with Gasteiger partial charge in [0, 0.05) is 22.3 Å². The lowest BCUT2D eigenvalue weighted by Gasteiger charge is -2.36. The van der Waals surface area contributed by atoms with Crippen molar-refractivity contribution >= 4 is 44.9 Å². The van der Waals surface area contributed by atoms with Crippen LogP contribution in [0.15, 0.2) is 30.5 Å². The second-order valence-corrected chi connectivity index (χ2v) is 16.9. The highest BCUT2D eigenvalue weighted by atomic mass is 32.2. The number of hydrogen-bond donors (Lipinski definition) is 3. The minimum Gasteiger partial charge on any atom is -0.497 e. The van der Waals surface area contributed by atoms with Gasteiger partial charge >= 0.3 is 16.4 Å². The molecule has 3 N–H and O–H groups in total. The van der Waals surface area contributed by atoms with Crippen LogP contribution in [0, 0.1) is 11.3 Å². The van der Waals surface area contributed by atoms with E-state index < -0.39 is 75.0 Å². The summed E-state index contributed by atoms with van der Waals surface area (Å²) in [5.74, 6) is -1.53. The van der Waals surface area contributed by atoms with Gasteiger partial charge in [0.1, 0.15) is 35.1 Å². The molecule has 3 fully saturated rings. The maximum Gasteiger partial charge on any atom is 0.408 e. The van der Waals surface area contributed by atoms with E-state index in [2.05, 4.69) is 15.6 Å². The standard InChI is InChI=1S/C35H49N5O10S.3H2/c1-9-21-18-35(21,31(43)39-51(45,46)50-22-10-11-22)38-28(41)26-17-24(48-29-25-13-12-23(47-8)16-20(25)14-15-36-29)19-40(26)30(42)27(33(2,3)4)37-32(44)49-34(5,6)7;;;/h12-16,21-22,24,26-27H,9-11,17-19H2,1-8H3,(H,37,44)(H,38,41)(H,39,43);3*1H/t21-,24-,26+,27-,35?;;;/m1.../s1. The van der Waals surface area contributed by atoms with Crippen LogP contribution in [0.25, 0.3) is 10.8 Å². The lowest BCUT2D eigenvalue weighted by Crippen LogP contribution is -2.60. The molecule has 1 unspecified atom stereocenters. The topological polar surface area (TPSA) is 192 Å². The van der Waals surface area contributed by atoms with Crippen LogP contribution < -0.4 is 24.8 Å². The van der Waals surface area contributed by atoms with Crippen LogP contribution in [0.4, 0.5) is 4.79 Å². The number of likely N-dealkylation sites (tertiary alicyclic amines) is 1. The van der Waals surface area contributed by atoms with E-state index in [4.69, 9.17) is 18.4 Å². The predicted octanol–water partition coefficient (Wildman–Crippen LogP) is 4.09. The molecule has 1 aromatic carbocycles. The van der Waals surface area contributed by atoms with Crippen LogP contribution in [0.1, 0.15) is 84.9 Å². The Morgan fingerprint density at radius 1 is 1.08 bits per heavy atom. The summed E-state index contributed by atoms with van der Waals surface area (Å²) in [4.78, 5) is 60.8. The molecular formula is C35H55N5O10S. The number of alkyl carbamates (subject to hydrolysis) is 1. The molecule has 51 heavy (non-hydrogen) atoms. The van der Waals surface area contributed by atoms with E-state index in [0.717, 1.165) is 5.39 Å². The second-order valence-electron chi connectivity index (χ2n) is 15.6. The van der Waals surface area contributed by atoms with Gasteiger partial charge in [0.15, 0.2) is 0 Å². The highest BCUT2D eigenvalue weighted by Gasteiger charge is 2.62. The summed E-state index contributed by atoms with van der Waals surface area (Å²) in [7, 11) is -2.83. The zero-order chi connectivity index (χ0) is 37.5. The van der Waals surface area contributed by atoms with Crippen LogP contribution in [0.5, 0.6) is 11.6 Å². The first kappa shape index (κ1) is 38.1. The molecular weight excluding hydrogens is 682 g/mol. The lowest BCUT2D eigenvalue weighted by molar-refractivity contribution is -0.143. The third kappa shape index (κ3) is 9.01. The number of nitrogens with one attached hydrogen (secondary N) is 3. The number of aromatic nitrogens is 1. The Hall–Kier alpha value is -4.18. The molecule has 1 aromatic heterocycles. The summed E-state index contributed by atoms with van der Waals surface area (Å²) in [5.41, 5.74) is -3.16. The van der Waals surface area contributed by atoms with E-state index >= 15 is 0 Å².